The van der Waals surface area contributed by atoms with E-state index in [2.05, 4.69) is 13.0 Å². The molecule has 0 amide bonds. The first kappa shape index (κ1) is 9.75. The summed E-state index contributed by atoms with van der Waals surface area (Å²) >= 11 is 0. The first-order valence-corrected chi connectivity index (χ1v) is 4.77. The topological polar surface area (TPSA) is 18.5 Å². The molecule has 0 bridgehead atoms. The molecule has 0 aromatic carbocycles. The number of rotatable bonds is 4. The van der Waals surface area contributed by atoms with Crippen LogP contribution in [0, 0.1) is 0 Å². The van der Waals surface area contributed by atoms with Crippen LogP contribution in [0.1, 0.15) is 26.2 Å². The van der Waals surface area contributed by atoms with Crippen molar-refractivity contribution in [3.63, 3.8) is 0 Å². The molecule has 1 aliphatic heterocycles. The second kappa shape index (κ2) is 6.21. The van der Waals surface area contributed by atoms with Crippen LogP contribution in [0.3, 0.4) is 0 Å². The van der Waals surface area contributed by atoms with E-state index in [0.29, 0.717) is 0 Å². The molecule has 0 aromatic heterocycles. The Labute approximate surface area is 74.6 Å². The van der Waals surface area contributed by atoms with Gasteiger partial charge in [-0.1, -0.05) is 18.6 Å². The molecule has 1 heterocycles. The largest absolute Gasteiger partial charge is 0.381 e. The van der Waals surface area contributed by atoms with E-state index in [1.54, 1.807) is 0 Å². The molecular weight excluding hydrogens is 152 g/mol. The van der Waals surface area contributed by atoms with Crippen LogP contribution in [0.15, 0.2) is 11.6 Å². The molecule has 1 rings (SSSR count). The van der Waals surface area contributed by atoms with Crippen LogP contribution in [0.25, 0.3) is 0 Å². The van der Waals surface area contributed by atoms with Crippen LogP contribution in [-0.4, -0.2) is 26.4 Å². The van der Waals surface area contributed by atoms with Gasteiger partial charge in [0.2, 0.25) is 0 Å². The Hall–Kier alpha value is -0.340. The van der Waals surface area contributed by atoms with Gasteiger partial charge in [-0.3, -0.25) is 0 Å². The van der Waals surface area contributed by atoms with Crippen molar-refractivity contribution in [1.82, 2.24) is 0 Å². The second-order valence-electron chi connectivity index (χ2n) is 3.05. The fourth-order valence-corrected chi connectivity index (χ4v) is 1.24. The molecule has 2 nitrogen and oxygen atoms in total. The quantitative estimate of drug-likeness (QED) is 0.475. The van der Waals surface area contributed by atoms with Crippen molar-refractivity contribution < 1.29 is 9.47 Å². The van der Waals surface area contributed by atoms with Gasteiger partial charge in [-0.05, 0) is 19.3 Å². The minimum absolute atomic E-state index is 0.781. The van der Waals surface area contributed by atoms with Crippen molar-refractivity contribution >= 4 is 0 Å². The molecule has 0 saturated carbocycles. The zero-order chi connectivity index (χ0) is 8.65. The van der Waals surface area contributed by atoms with Crippen molar-refractivity contribution in [3.8, 4) is 0 Å². The highest BCUT2D eigenvalue weighted by Gasteiger charge is 2.03. The highest BCUT2D eigenvalue weighted by molar-refractivity contribution is 5.03. The van der Waals surface area contributed by atoms with Gasteiger partial charge < -0.3 is 9.47 Å². The molecule has 2 heteroatoms. The lowest BCUT2D eigenvalue weighted by Crippen LogP contribution is -2.08. The molecule has 12 heavy (non-hydrogen) atoms. The smallest absolute Gasteiger partial charge is 0.0650 e. The number of hydrogen-bond donors (Lipinski definition) is 0. The molecule has 1 fully saturated rings. The summed E-state index contributed by atoms with van der Waals surface area (Å²) in [6.07, 6.45) is 5.50. The normalized spacial score (nSPS) is 17.9. The first-order valence-electron chi connectivity index (χ1n) is 4.77. The van der Waals surface area contributed by atoms with E-state index in [0.717, 1.165) is 45.7 Å². The fourth-order valence-electron chi connectivity index (χ4n) is 1.24. The summed E-state index contributed by atoms with van der Waals surface area (Å²) in [6.45, 7) is 5.56. The van der Waals surface area contributed by atoms with Crippen LogP contribution in [0.5, 0.6) is 0 Å². The summed E-state index contributed by atoms with van der Waals surface area (Å²) in [7, 11) is 0. The van der Waals surface area contributed by atoms with Gasteiger partial charge in [0.05, 0.1) is 19.8 Å². The molecule has 70 valence electrons. The van der Waals surface area contributed by atoms with E-state index in [1.807, 2.05) is 0 Å². The first-order chi connectivity index (χ1) is 5.93. The minimum Gasteiger partial charge on any atom is -0.381 e. The Morgan fingerprint density at radius 1 is 1.42 bits per heavy atom. The Kier molecular flexibility index (Phi) is 5.04. The average Bonchev–Trinajstić information content (AvgIpc) is 2.14. The number of ether oxygens (including phenoxy) is 2. The van der Waals surface area contributed by atoms with Crippen molar-refractivity contribution in [2.24, 2.45) is 0 Å². The minimum atomic E-state index is 0.781. The zero-order valence-corrected chi connectivity index (χ0v) is 7.84. The third kappa shape index (κ3) is 3.88. The molecule has 0 aliphatic carbocycles. The van der Waals surface area contributed by atoms with Crippen LogP contribution >= 0.6 is 0 Å². The van der Waals surface area contributed by atoms with Crippen LogP contribution < -0.4 is 0 Å². The molecule has 0 spiro atoms. The van der Waals surface area contributed by atoms with Gasteiger partial charge in [-0.15, -0.1) is 0 Å². The summed E-state index contributed by atoms with van der Waals surface area (Å²) in [5.74, 6) is 0. The van der Waals surface area contributed by atoms with E-state index in [1.165, 1.54) is 5.57 Å². The van der Waals surface area contributed by atoms with Crippen molar-refractivity contribution in [2.45, 2.75) is 26.2 Å². The van der Waals surface area contributed by atoms with E-state index >= 15 is 0 Å². The molecule has 1 aliphatic rings. The summed E-state index contributed by atoms with van der Waals surface area (Å²) in [6, 6.07) is 0. The standard InChI is InChI=1S/C10H18O2/c1-2-6-11-7-3-10-4-8-12-9-5-10/h3H,2,4-9H2,1H3. The lowest BCUT2D eigenvalue weighted by molar-refractivity contribution is 0.117. The van der Waals surface area contributed by atoms with Gasteiger partial charge in [0, 0.05) is 6.61 Å². The lowest BCUT2D eigenvalue weighted by atomic mass is 10.1. The van der Waals surface area contributed by atoms with Gasteiger partial charge in [0.15, 0.2) is 0 Å². The molecule has 0 radical (unpaired) electrons. The van der Waals surface area contributed by atoms with Gasteiger partial charge >= 0.3 is 0 Å². The Bertz CT molecular complexity index is 133. The maximum absolute atomic E-state index is 5.37. The van der Waals surface area contributed by atoms with E-state index < -0.39 is 0 Å². The second-order valence-corrected chi connectivity index (χ2v) is 3.05. The van der Waals surface area contributed by atoms with Crippen LogP contribution in [0.2, 0.25) is 0 Å². The molecule has 1 saturated heterocycles. The highest BCUT2D eigenvalue weighted by Crippen LogP contribution is 2.12. The molecule has 0 unspecified atom stereocenters. The molecule has 0 aromatic rings. The van der Waals surface area contributed by atoms with E-state index in [9.17, 15) is 0 Å². The summed E-state index contributed by atoms with van der Waals surface area (Å²) in [4.78, 5) is 0. The lowest BCUT2D eigenvalue weighted by Gasteiger charge is -2.14. The maximum atomic E-state index is 5.37. The Morgan fingerprint density at radius 3 is 2.83 bits per heavy atom. The van der Waals surface area contributed by atoms with Gasteiger partial charge in [0.1, 0.15) is 0 Å². The average molecular weight is 170 g/mol. The van der Waals surface area contributed by atoms with Crippen molar-refractivity contribution in [1.29, 1.82) is 0 Å². The van der Waals surface area contributed by atoms with Gasteiger partial charge in [0.25, 0.3) is 0 Å². The van der Waals surface area contributed by atoms with E-state index in [-0.39, 0.29) is 0 Å². The van der Waals surface area contributed by atoms with Crippen LogP contribution in [0.4, 0.5) is 0 Å². The fraction of sp³-hybridized carbons (Fsp3) is 0.800. The summed E-state index contributed by atoms with van der Waals surface area (Å²) < 4.78 is 10.6. The zero-order valence-electron chi connectivity index (χ0n) is 7.84. The highest BCUT2D eigenvalue weighted by atomic mass is 16.5. The Balaban J connectivity index is 2.08. The predicted molar refractivity (Wildman–Crippen MR) is 49.2 cm³/mol. The Morgan fingerprint density at radius 2 is 2.17 bits per heavy atom. The molecule has 0 N–H and O–H groups in total. The van der Waals surface area contributed by atoms with Crippen LogP contribution in [-0.2, 0) is 9.47 Å². The molecular formula is C10H18O2. The van der Waals surface area contributed by atoms with Gasteiger partial charge in [-0.2, -0.15) is 0 Å². The van der Waals surface area contributed by atoms with Crippen molar-refractivity contribution in [3.05, 3.63) is 11.6 Å². The summed E-state index contributed by atoms with van der Waals surface area (Å²) in [5.41, 5.74) is 1.50. The van der Waals surface area contributed by atoms with Crippen molar-refractivity contribution in [2.75, 3.05) is 26.4 Å². The van der Waals surface area contributed by atoms with E-state index in [4.69, 9.17) is 9.47 Å². The summed E-state index contributed by atoms with van der Waals surface area (Å²) in [5, 5.41) is 0. The third-order valence-electron chi connectivity index (χ3n) is 1.97. The maximum Gasteiger partial charge on any atom is 0.0650 e. The number of hydrogen-bond acceptors (Lipinski definition) is 2. The monoisotopic (exact) mass is 170 g/mol. The third-order valence-corrected chi connectivity index (χ3v) is 1.97. The predicted octanol–water partition coefficient (Wildman–Crippen LogP) is 2.15. The van der Waals surface area contributed by atoms with Gasteiger partial charge in [-0.25, -0.2) is 0 Å². The SMILES string of the molecule is CCCOCC=C1CCOCC1. The molecule has 0 atom stereocenters.